The molecule has 7 nitrogen and oxygen atoms in total. The summed E-state index contributed by atoms with van der Waals surface area (Å²) in [6.45, 7) is 5.56. The molecule has 0 aliphatic rings. The summed E-state index contributed by atoms with van der Waals surface area (Å²) in [6.07, 6.45) is -0.183. The minimum absolute atomic E-state index is 0.0587. The lowest BCUT2D eigenvalue weighted by molar-refractivity contribution is -0.386. The predicted octanol–water partition coefficient (Wildman–Crippen LogP) is 2.93. The fraction of sp³-hybridized carbons (Fsp3) is 0.500. The molecule has 0 aromatic heterocycles. The van der Waals surface area contributed by atoms with Crippen molar-refractivity contribution in [3.63, 3.8) is 0 Å². The lowest BCUT2D eigenvalue weighted by Gasteiger charge is -2.08. The number of nitrogens with zero attached hydrogens (tertiary/aromatic N) is 1. The SMILES string of the molecule is Cc1cccc(COC(=O)CCC(=O)OCC(C)C)c1[N+](=O)[O-]. The lowest BCUT2D eigenvalue weighted by atomic mass is 10.1. The van der Waals surface area contributed by atoms with Gasteiger partial charge in [-0.25, -0.2) is 0 Å². The zero-order valence-corrected chi connectivity index (χ0v) is 13.5. The third-order valence-corrected chi connectivity index (χ3v) is 3.00. The van der Waals surface area contributed by atoms with Crippen LogP contribution in [0.2, 0.25) is 0 Å². The third kappa shape index (κ3) is 6.46. The van der Waals surface area contributed by atoms with E-state index in [2.05, 4.69) is 0 Å². The van der Waals surface area contributed by atoms with Gasteiger partial charge >= 0.3 is 11.9 Å². The highest BCUT2D eigenvalue weighted by molar-refractivity contribution is 5.77. The van der Waals surface area contributed by atoms with Gasteiger partial charge in [-0.2, -0.15) is 0 Å². The molecule has 1 aromatic carbocycles. The van der Waals surface area contributed by atoms with Gasteiger partial charge in [0.15, 0.2) is 0 Å². The number of carbonyl (C=O) groups is 2. The lowest BCUT2D eigenvalue weighted by Crippen LogP contribution is -2.13. The van der Waals surface area contributed by atoms with Gasteiger partial charge in [-0.05, 0) is 18.9 Å². The fourth-order valence-electron chi connectivity index (χ4n) is 1.86. The molecule has 0 fully saturated rings. The Bertz CT molecular complexity index is 582. The second-order valence-electron chi connectivity index (χ2n) is 5.58. The highest BCUT2D eigenvalue weighted by atomic mass is 16.6. The van der Waals surface area contributed by atoms with Crippen LogP contribution in [0.4, 0.5) is 5.69 Å². The maximum atomic E-state index is 11.6. The van der Waals surface area contributed by atoms with E-state index < -0.39 is 16.9 Å². The molecule has 0 spiro atoms. The van der Waals surface area contributed by atoms with Crippen LogP contribution in [0.1, 0.15) is 37.8 Å². The molecule has 0 unspecified atom stereocenters. The molecule has 0 saturated heterocycles. The van der Waals surface area contributed by atoms with Crippen LogP contribution in [0.5, 0.6) is 0 Å². The van der Waals surface area contributed by atoms with E-state index in [4.69, 9.17) is 9.47 Å². The highest BCUT2D eigenvalue weighted by Gasteiger charge is 2.18. The van der Waals surface area contributed by atoms with Crippen LogP contribution in [-0.2, 0) is 25.7 Å². The summed E-state index contributed by atoms with van der Waals surface area (Å²) < 4.78 is 9.95. The van der Waals surface area contributed by atoms with Gasteiger partial charge in [0, 0.05) is 5.56 Å². The first-order chi connectivity index (χ1) is 10.8. The van der Waals surface area contributed by atoms with Crippen LogP contribution in [0.15, 0.2) is 18.2 Å². The first-order valence-corrected chi connectivity index (χ1v) is 7.35. The van der Waals surface area contributed by atoms with Crippen LogP contribution in [-0.4, -0.2) is 23.5 Å². The van der Waals surface area contributed by atoms with Gasteiger partial charge in [-0.1, -0.05) is 26.0 Å². The first kappa shape index (κ1) is 18.6. The Morgan fingerprint density at radius 3 is 2.35 bits per heavy atom. The maximum Gasteiger partial charge on any atom is 0.306 e. The smallest absolute Gasteiger partial charge is 0.306 e. The van der Waals surface area contributed by atoms with E-state index >= 15 is 0 Å². The van der Waals surface area contributed by atoms with Crippen LogP contribution in [0, 0.1) is 23.0 Å². The van der Waals surface area contributed by atoms with E-state index in [0.29, 0.717) is 17.7 Å². The molecule has 0 aliphatic heterocycles. The van der Waals surface area contributed by atoms with Crippen LogP contribution < -0.4 is 0 Å². The topological polar surface area (TPSA) is 95.7 Å². The summed E-state index contributed by atoms with van der Waals surface area (Å²) in [5, 5.41) is 11.0. The molecule has 0 bridgehead atoms. The Hall–Kier alpha value is -2.44. The molecule has 23 heavy (non-hydrogen) atoms. The summed E-state index contributed by atoms with van der Waals surface area (Å²) in [5.41, 5.74) is 0.767. The minimum Gasteiger partial charge on any atom is -0.465 e. The molecule has 0 radical (unpaired) electrons. The zero-order valence-electron chi connectivity index (χ0n) is 13.5. The van der Waals surface area contributed by atoms with Gasteiger partial charge in [-0.3, -0.25) is 19.7 Å². The molecule has 1 rings (SSSR count). The highest BCUT2D eigenvalue weighted by Crippen LogP contribution is 2.23. The number of esters is 2. The Labute approximate surface area is 134 Å². The quantitative estimate of drug-likeness (QED) is 0.414. The van der Waals surface area contributed by atoms with E-state index in [1.54, 1.807) is 19.1 Å². The average Bonchev–Trinajstić information content (AvgIpc) is 2.48. The van der Waals surface area contributed by atoms with E-state index in [0.717, 1.165) is 0 Å². The number of para-hydroxylation sites is 1. The molecule has 0 saturated carbocycles. The summed E-state index contributed by atoms with van der Waals surface area (Å²) in [4.78, 5) is 33.6. The number of rotatable bonds is 8. The summed E-state index contributed by atoms with van der Waals surface area (Å²) in [7, 11) is 0. The van der Waals surface area contributed by atoms with Gasteiger partial charge in [0.1, 0.15) is 6.61 Å². The normalized spacial score (nSPS) is 10.4. The Morgan fingerprint density at radius 2 is 1.78 bits per heavy atom. The molecule has 0 heterocycles. The zero-order chi connectivity index (χ0) is 17.4. The maximum absolute atomic E-state index is 11.6. The van der Waals surface area contributed by atoms with E-state index in [1.165, 1.54) is 6.07 Å². The van der Waals surface area contributed by atoms with Crippen molar-refractivity contribution >= 4 is 17.6 Å². The van der Waals surface area contributed by atoms with Crippen molar-refractivity contribution in [1.29, 1.82) is 0 Å². The second-order valence-corrected chi connectivity index (χ2v) is 5.58. The van der Waals surface area contributed by atoms with Crippen molar-refractivity contribution in [2.45, 2.75) is 40.2 Å². The number of hydrogen-bond acceptors (Lipinski definition) is 6. The number of nitro benzene ring substituents is 1. The second kappa shape index (κ2) is 8.87. The minimum atomic E-state index is -0.595. The van der Waals surface area contributed by atoms with Crippen LogP contribution in [0.3, 0.4) is 0 Å². The molecule has 1 aromatic rings. The molecule has 0 atom stereocenters. The first-order valence-electron chi connectivity index (χ1n) is 7.35. The number of ether oxygens (including phenoxy) is 2. The van der Waals surface area contributed by atoms with Crippen molar-refractivity contribution in [2.24, 2.45) is 5.92 Å². The predicted molar refractivity (Wildman–Crippen MR) is 82.7 cm³/mol. The van der Waals surface area contributed by atoms with E-state index in [-0.39, 0.29) is 31.1 Å². The van der Waals surface area contributed by atoms with Crippen molar-refractivity contribution in [2.75, 3.05) is 6.61 Å². The van der Waals surface area contributed by atoms with Gasteiger partial charge < -0.3 is 9.47 Å². The number of carbonyl (C=O) groups excluding carboxylic acids is 2. The number of aryl methyl sites for hydroxylation is 1. The van der Waals surface area contributed by atoms with Crippen molar-refractivity contribution in [1.82, 2.24) is 0 Å². The van der Waals surface area contributed by atoms with Gasteiger partial charge in [0.25, 0.3) is 5.69 Å². The molecule has 0 amide bonds. The van der Waals surface area contributed by atoms with Gasteiger partial charge in [0.2, 0.25) is 0 Å². The molecule has 0 aliphatic carbocycles. The monoisotopic (exact) mass is 323 g/mol. The number of hydrogen-bond donors (Lipinski definition) is 0. The van der Waals surface area contributed by atoms with Crippen LogP contribution >= 0.6 is 0 Å². The Morgan fingerprint density at radius 1 is 1.17 bits per heavy atom. The summed E-state index contributed by atoms with van der Waals surface area (Å²) in [5.74, 6) is -0.827. The standard InChI is InChI=1S/C16H21NO6/c1-11(2)9-22-14(18)7-8-15(19)23-10-13-6-4-5-12(3)16(13)17(20)21/h4-6,11H,7-10H2,1-3H3. The number of nitro groups is 1. The molecular weight excluding hydrogens is 302 g/mol. The van der Waals surface area contributed by atoms with Gasteiger partial charge in [-0.15, -0.1) is 0 Å². The van der Waals surface area contributed by atoms with Crippen molar-refractivity contribution < 1.29 is 24.0 Å². The Kier molecular flexibility index (Phi) is 7.18. The molecule has 0 N–H and O–H groups in total. The largest absolute Gasteiger partial charge is 0.465 e. The summed E-state index contributed by atoms with van der Waals surface area (Å²) in [6, 6.07) is 4.82. The third-order valence-electron chi connectivity index (χ3n) is 3.00. The molecule has 126 valence electrons. The van der Waals surface area contributed by atoms with Crippen molar-refractivity contribution in [3.05, 3.63) is 39.4 Å². The average molecular weight is 323 g/mol. The van der Waals surface area contributed by atoms with E-state index in [1.807, 2.05) is 13.8 Å². The van der Waals surface area contributed by atoms with Crippen LogP contribution in [0.25, 0.3) is 0 Å². The summed E-state index contributed by atoms with van der Waals surface area (Å²) >= 11 is 0. The molecule has 7 heteroatoms. The Balaban J connectivity index is 2.47. The van der Waals surface area contributed by atoms with Crippen molar-refractivity contribution in [3.8, 4) is 0 Å². The fourth-order valence-corrected chi connectivity index (χ4v) is 1.86. The van der Waals surface area contributed by atoms with Gasteiger partial charge in [0.05, 0.1) is 29.9 Å². The molecular formula is C16H21NO6. The van der Waals surface area contributed by atoms with E-state index in [9.17, 15) is 19.7 Å². The number of benzene rings is 1.